The number of hydrogen-bond acceptors (Lipinski definition) is 4. The molecule has 2 aromatic heterocycles. The molecule has 0 atom stereocenters. The van der Waals surface area contributed by atoms with Crippen LogP contribution in [0, 0.1) is 6.92 Å². The van der Waals surface area contributed by atoms with Crippen molar-refractivity contribution < 1.29 is 14.3 Å². The van der Waals surface area contributed by atoms with Crippen molar-refractivity contribution >= 4 is 28.6 Å². The number of aryl methyl sites for hydroxylation is 1. The zero-order valence-electron chi connectivity index (χ0n) is 16.7. The maximum Gasteiger partial charge on any atom is 0.415 e. The molecule has 1 N–H and O–H groups in total. The summed E-state index contributed by atoms with van der Waals surface area (Å²) < 4.78 is 7.29. The van der Waals surface area contributed by atoms with Crippen LogP contribution in [-0.4, -0.2) is 50.4 Å². The Hall–Kier alpha value is -3.29. The molecule has 0 spiro atoms. The number of H-pyrrole nitrogens is 1. The molecule has 1 aromatic carbocycles. The molecule has 1 fully saturated rings. The third-order valence-electron chi connectivity index (χ3n) is 5.56. The van der Waals surface area contributed by atoms with E-state index in [1.807, 2.05) is 49.7 Å². The summed E-state index contributed by atoms with van der Waals surface area (Å²) in [4.78, 5) is 32.1. The molecule has 8 heteroatoms. The minimum atomic E-state index is -0.543. The lowest BCUT2D eigenvalue weighted by molar-refractivity contribution is 0.0701. The zero-order chi connectivity index (χ0) is 20.3. The SMILES string of the molecule is Cc1ccc2cc(C(=O)N3CCn4ncc(N5CC(C)(C)OC5=O)c4C3)[nH]c2c1. The van der Waals surface area contributed by atoms with Gasteiger partial charge in [0.15, 0.2) is 0 Å². The number of aromatic nitrogens is 3. The average Bonchev–Trinajstić information content (AvgIpc) is 3.34. The first-order valence-electron chi connectivity index (χ1n) is 9.75. The lowest BCUT2D eigenvalue weighted by atomic mass is 10.1. The van der Waals surface area contributed by atoms with Crippen LogP contribution < -0.4 is 4.90 Å². The number of aromatic amines is 1. The van der Waals surface area contributed by atoms with E-state index in [1.165, 1.54) is 0 Å². The lowest BCUT2D eigenvalue weighted by Gasteiger charge is -2.29. The number of nitrogens with one attached hydrogen (secondary N) is 1. The van der Waals surface area contributed by atoms with Crippen LogP contribution in [0.3, 0.4) is 0 Å². The van der Waals surface area contributed by atoms with E-state index in [9.17, 15) is 9.59 Å². The number of hydrogen-bond donors (Lipinski definition) is 1. The first-order valence-corrected chi connectivity index (χ1v) is 9.75. The Morgan fingerprint density at radius 1 is 1.24 bits per heavy atom. The standard InChI is InChI=1S/C21H23N5O3/c1-13-4-5-14-9-16(23-15(14)8-13)19(27)24-6-7-26-18(11-24)17(10-22-26)25-12-21(2,3)29-20(25)28/h4-5,8-10,23H,6-7,11-12H2,1-3H3. The Bertz CT molecular complexity index is 1140. The van der Waals surface area contributed by atoms with Crippen molar-refractivity contribution in [1.82, 2.24) is 19.7 Å². The van der Waals surface area contributed by atoms with Gasteiger partial charge in [-0.15, -0.1) is 0 Å². The van der Waals surface area contributed by atoms with Gasteiger partial charge in [-0.1, -0.05) is 12.1 Å². The largest absolute Gasteiger partial charge is 0.441 e. The summed E-state index contributed by atoms with van der Waals surface area (Å²) in [6.07, 6.45) is 1.32. The van der Waals surface area contributed by atoms with Crippen molar-refractivity contribution in [2.75, 3.05) is 18.0 Å². The van der Waals surface area contributed by atoms with Gasteiger partial charge in [0.05, 0.1) is 37.2 Å². The van der Waals surface area contributed by atoms with E-state index in [-0.39, 0.29) is 12.0 Å². The van der Waals surface area contributed by atoms with Crippen molar-refractivity contribution in [3.63, 3.8) is 0 Å². The van der Waals surface area contributed by atoms with Crippen molar-refractivity contribution in [3.8, 4) is 0 Å². The van der Waals surface area contributed by atoms with Gasteiger partial charge in [-0.25, -0.2) is 4.79 Å². The van der Waals surface area contributed by atoms with Crippen molar-refractivity contribution in [3.05, 3.63) is 47.4 Å². The Balaban J connectivity index is 1.42. The van der Waals surface area contributed by atoms with E-state index in [2.05, 4.69) is 10.1 Å². The van der Waals surface area contributed by atoms with E-state index >= 15 is 0 Å². The van der Waals surface area contributed by atoms with Gasteiger partial charge in [-0.2, -0.15) is 5.10 Å². The van der Waals surface area contributed by atoms with Crippen LogP contribution in [0.4, 0.5) is 10.5 Å². The van der Waals surface area contributed by atoms with Crippen LogP contribution >= 0.6 is 0 Å². The summed E-state index contributed by atoms with van der Waals surface area (Å²) in [5.41, 5.74) is 3.69. The number of cyclic esters (lactones) is 1. The highest BCUT2D eigenvalue weighted by Gasteiger charge is 2.40. The fourth-order valence-electron chi connectivity index (χ4n) is 4.11. The monoisotopic (exact) mass is 393 g/mol. The number of nitrogens with zero attached hydrogens (tertiary/aromatic N) is 4. The van der Waals surface area contributed by atoms with E-state index in [0.29, 0.717) is 37.6 Å². The number of fused-ring (bicyclic) bond motifs is 2. The number of carbonyl (C=O) groups excluding carboxylic acids is 2. The number of benzene rings is 1. The Morgan fingerprint density at radius 2 is 2.07 bits per heavy atom. The van der Waals surface area contributed by atoms with Crippen molar-refractivity contribution in [2.45, 2.75) is 39.5 Å². The molecule has 5 rings (SSSR count). The van der Waals surface area contributed by atoms with Crippen LogP contribution in [0.1, 0.15) is 35.6 Å². The second-order valence-corrected chi connectivity index (χ2v) is 8.41. The van der Waals surface area contributed by atoms with Crippen molar-refractivity contribution in [1.29, 1.82) is 0 Å². The molecule has 3 aromatic rings. The minimum absolute atomic E-state index is 0.0541. The normalized spacial score (nSPS) is 18.2. The molecule has 2 aliphatic heterocycles. The molecule has 0 bridgehead atoms. The van der Waals surface area contributed by atoms with Crippen LogP contribution in [-0.2, 0) is 17.8 Å². The summed E-state index contributed by atoms with van der Waals surface area (Å²) in [5.74, 6) is -0.0541. The topological polar surface area (TPSA) is 83.5 Å². The maximum absolute atomic E-state index is 13.1. The Kier molecular flexibility index (Phi) is 3.74. The van der Waals surface area contributed by atoms with E-state index in [4.69, 9.17) is 4.74 Å². The van der Waals surface area contributed by atoms with Gasteiger partial charge in [0.25, 0.3) is 5.91 Å². The molecule has 2 aliphatic rings. The van der Waals surface area contributed by atoms with Gasteiger partial charge in [-0.3, -0.25) is 14.4 Å². The second kappa shape index (κ2) is 6.10. The summed E-state index contributed by atoms with van der Waals surface area (Å²) in [6.45, 7) is 7.80. The fraction of sp³-hybridized carbons (Fsp3) is 0.381. The molecule has 0 radical (unpaired) electrons. The molecule has 0 unspecified atom stereocenters. The van der Waals surface area contributed by atoms with Gasteiger partial charge in [0, 0.05) is 17.4 Å². The molecular formula is C21H23N5O3. The number of amides is 2. The summed E-state index contributed by atoms with van der Waals surface area (Å²) >= 11 is 0. The number of anilines is 1. The van der Waals surface area contributed by atoms with Crippen LogP contribution in [0.25, 0.3) is 10.9 Å². The van der Waals surface area contributed by atoms with Gasteiger partial charge in [-0.05, 0) is 38.5 Å². The molecule has 150 valence electrons. The molecule has 0 aliphatic carbocycles. The van der Waals surface area contributed by atoms with Gasteiger partial charge < -0.3 is 14.6 Å². The van der Waals surface area contributed by atoms with Crippen LogP contribution in [0.2, 0.25) is 0 Å². The molecule has 4 heterocycles. The van der Waals surface area contributed by atoms with Crippen LogP contribution in [0.5, 0.6) is 0 Å². The highest BCUT2D eigenvalue weighted by atomic mass is 16.6. The number of rotatable bonds is 2. The van der Waals surface area contributed by atoms with Crippen molar-refractivity contribution in [2.24, 2.45) is 0 Å². The van der Waals surface area contributed by atoms with E-state index in [0.717, 1.165) is 22.2 Å². The first-order chi connectivity index (χ1) is 13.8. The smallest absolute Gasteiger partial charge is 0.415 e. The first kappa shape index (κ1) is 17.8. The molecular weight excluding hydrogens is 370 g/mol. The van der Waals surface area contributed by atoms with E-state index < -0.39 is 5.60 Å². The Labute approximate surface area is 168 Å². The fourth-order valence-corrected chi connectivity index (χ4v) is 4.11. The maximum atomic E-state index is 13.1. The molecule has 0 saturated carbocycles. The number of ether oxygens (including phenoxy) is 1. The molecule has 2 amide bonds. The highest BCUT2D eigenvalue weighted by Crippen LogP contribution is 2.32. The molecule has 29 heavy (non-hydrogen) atoms. The third-order valence-corrected chi connectivity index (χ3v) is 5.56. The van der Waals surface area contributed by atoms with Gasteiger partial charge in [0.1, 0.15) is 11.3 Å². The summed E-state index contributed by atoms with van der Waals surface area (Å²) in [5, 5.41) is 5.43. The third kappa shape index (κ3) is 2.95. The lowest BCUT2D eigenvalue weighted by Crippen LogP contribution is -2.39. The van der Waals surface area contributed by atoms with Gasteiger partial charge >= 0.3 is 6.09 Å². The molecule has 8 nitrogen and oxygen atoms in total. The predicted molar refractivity (Wildman–Crippen MR) is 108 cm³/mol. The number of carbonyl (C=O) groups is 2. The highest BCUT2D eigenvalue weighted by molar-refractivity contribution is 5.98. The molecule has 1 saturated heterocycles. The summed E-state index contributed by atoms with van der Waals surface area (Å²) in [7, 11) is 0. The average molecular weight is 393 g/mol. The quantitative estimate of drug-likeness (QED) is 0.725. The minimum Gasteiger partial charge on any atom is -0.441 e. The second-order valence-electron chi connectivity index (χ2n) is 8.41. The van der Waals surface area contributed by atoms with E-state index in [1.54, 1.807) is 16.0 Å². The van der Waals surface area contributed by atoms with Gasteiger partial charge in [0.2, 0.25) is 0 Å². The van der Waals surface area contributed by atoms with Crippen LogP contribution in [0.15, 0.2) is 30.5 Å². The Morgan fingerprint density at radius 3 is 2.83 bits per heavy atom. The summed E-state index contributed by atoms with van der Waals surface area (Å²) in [6, 6.07) is 7.98. The predicted octanol–water partition coefficient (Wildman–Crippen LogP) is 3.06. The zero-order valence-corrected chi connectivity index (χ0v) is 16.7.